The fourth-order valence-electron chi connectivity index (χ4n) is 4.46. The second-order valence-electron chi connectivity index (χ2n) is 8.85. The number of anilines is 1. The smallest absolute Gasteiger partial charge is 0.0398 e. The maximum Gasteiger partial charge on any atom is 0.0398 e. The van der Waals surface area contributed by atoms with Crippen LogP contribution in [0.3, 0.4) is 0 Å². The molecule has 0 spiro atoms. The third kappa shape index (κ3) is 14.3. The van der Waals surface area contributed by atoms with E-state index in [0.717, 1.165) is 13.1 Å². The van der Waals surface area contributed by atoms with Crippen LogP contribution in [0.25, 0.3) is 0 Å². The normalized spacial score (nSPS) is 10.8. The molecule has 0 fully saturated rings. The van der Waals surface area contributed by atoms with Gasteiger partial charge < -0.3 is 4.90 Å². The molecule has 0 saturated heterocycles. The summed E-state index contributed by atoms with van der Waals surface area (Å²) in [5.74, 6) is 0. The number of unbranched alkanes of at least 4 members (excludes halogenated alkanes) is 15. The van der Waals surface area contributed by atoms with Gasteiger partial charge in [0.2, 0.25) is 0 Å². The maximum atomic E-state index is 2.49. The Kier molecular flexibility index (Phi) is 21.0. The molecule has 0 saturated carbocycles. The van der Waals surface area contributed by atoms with Gasteiger partial charge in [-0.05, 0) is 38.3 Å². The molecule has 1 aromatic rings. The number of rotatable bonds is 20. The molecular weight excluding hydrogens is 386 g/mol. The minimum atomic E-state index is 0. The third-order valence-corrected chi connectivity index (χ3v) is 6.40. The lowest BCUT2D eigenvalue weighted by atomic mass is 10.0. The Hall–Kier alpha value is -0.690. The zero-order valence-corrected chi connectivity index (χ0v) is 21.4. The summed E-state index contributed by atoms with van der Waals surface area (Å²) in [7, 11) is 0. The van der Waals surface area contributed by atoms with Gasteiger partial charge in [-0.25, -0.2) is 0 Å². The Morgan fingerprint density at radius 3 is 1.37 bits per heavy atom. The van der Waals surface area contributed by atoms with Crippen molar-refractivity contribution in [2.75, 3.05) is 18.0 Å². The highest BCUT2D eigenvalue weighted by Gasteiger charge is 2.07. The van der Waals surface area contributed by atoms with E-state index in [1.807, 2.05) is 0 Å². The van der Waals surface area contributed by atoms with Crippen molar-refractivity contribution in [2.24, 2.45) is 0 Å². The number of hydrogen-bond donors (Lipinski definition) is 0. The first-order valence-corrected chi connectivity index (χ1v) is 13.2. The van der Waals surface area contributed by atoms with Crippen LogP contribution in [0.1, 0.15) is 129 Å². The Labute approximate surface area is 195 Å². The summed E-state index contributed by atoms with van der Waals surface area (Å²) in [6.07, 6.45) is 24.3. The second kappa shape index (κ2) is 21.5. The Morgan fingerprint density at radius 2 is 0.933 bits per heavy atom. The molecule has 0 amide bonds. The SMILES string of the molecule is CCCCCCCCCCCCCCCCCCc1ccccc1N(CC)CC.Cl. The van der Waals surface area contributed by atoms with Gasteiger partial charge in [0.1, 0.15) is 0 Å². The van der Waals surface area contributed by atoms with Gasteiger partial charge in [-0.3, -0.25) is 0 Å². The molecule has 1 rings (SSSR count). The summed E-state index contributed by atoms with van der Waals surface area (Å²) in [5.41, 5.74) is 3.00. The van der Waals surface area contributed by atoms with Gasteiger partial charge in [-0.1, -0.05) is 121 Å². The first-order chi connectivity index (χ1) is 14.3. The van der Waals surface area contributed by atoms with Crippen LogP contribution < -0.4 is 4.90 Å². The molecule has 0 heterocycles. The molecule has 30 heavy (non-hydrogen) atoms. The largest absolute Gasteiger partial charge is 0.372 e. The quantitative estimate of drug-likeness (QED) is 0.183. The van der Waals surface area contributed by atoms with E-state index in [0.29, 0.717) is 0 Å². The van der Waals surface area contributed by atoms with Gasteiger partial charge in [0.05, 0.1) is 0 Å². The van der Waals surface area contributed by atoms with Gasteiger partial charge in [-0.15, -0.1) is 12.4 Å². The highest BCUT2D eigenvalue weighted by atomic mass is 35.5. The number of benzene rings is 1. The van der Waals surface area contributed by atoms with Crippen molar-refractivity contribution in [1.82, 2.24) is 0 Å². The van der Waals surface area contributed by atoms with Crippen LogP contribution in [-0.4, -0.2) is 13.1 Å². The molecular formula is C28H52ClN. The second-order valence-corrected chi connectivity index (χ2v) is 8.85. The minimum absolute atomic E-state index is 0. The van der Waals surface area contributed by atoms with E-state index in [4.69, 9.17) is 0 Å². The van der Waals surface area contributed by atoms with E-state index in [9.17, 15) is 0 Å². The Balaban J connectivity index is 0.00000841. The van der Waals surface area contributed by atoms with Gasteiger partial charge in [0.25, 0.3) is 0 Å². The first-order valence-electron chi connectivity index (χ1n) is 13.2. The van der Waals surface area contributed by atoms with Crippen molar-refractivity contribution in [1.29, 1.82) is 0 Å². The van der Waals surface area contributed by atoms with Crippen LogP contribution in [-0.2, 0) is 6.42 Å². The van der Waals surface area contributed by atoms with E-state index < -0.39 is 0 Å². The molecule has 0 aliphatic carbocycles. The minimum Gasteiger partial charge on any atom is -0.372 e. The zero-order chi connectivity index (χ0) is 21.0. The fraction of sp³-hybridized carbons (Fsp3) is 0.786. The number of aryl methyl sites for hydroxylation is 1. The lowest BCUT2D eigenvalue weighted by molar-refractivity contribution is 0.529. The van der Waals surface area contributed by atoms with E-state index in [1.165, 1.54) is 115 Å². The fourth-order valence-corrected chi connectivity index (χ4v) is 4.46. The van der Waals surface area contributed by atoms with Crippen molar-refractivity contribution in [3.05, 3.63) is 29.8 Å². The van der Waals surface area contributed by atoms with Crippen LogP contribution >= 0.6 is 12.4 Å². The number of nitrogens with zero attached hydrogens (tertiary/aromatic N) is 1. The summed E-state index contributed by atoms with van der Waals surface area (Å²) in [4.78, 5) is 2.49. The van der Waals surface area contributed by atoms with Crippen LogP contribution in [0.2, 0.25) is 0 Å². The van der Waals surface area contributed by atoms with E-state index >= 15 is 0 Å². The predicted octanol–water partition coefficient (Wildman–Crippen LogP) is 9.76. The average Bonchev–Trinajstić information content (AvgIpc) is 2.75. The molecule has 0 aliphatic heterocycles. The molecule has 0 bridgehead atoms. The topological polar surface area (TPSA) is 3.24 Å². The molecule has 0 radical (unpaired) electrons. The lowest BCUT2D eigenvalue weighted by Gasteiger charge is -2.24. The summed E-state index contributed by atoms with van der Waals surface area (Å²) in [6.45, 7) is 9.02. The standard InChI is InChI=1S/C28H51N.ClH/c1-4-7-8-9-10-11-12-13-14-15-16-17-18-19-20-21-24-27-25-22-23-26-28(27)29(5-2)6-3;/h22-23,25-26H,4-21,24H2,1-3H3;1H. The molecule has 0 atom stereocenters. The van der Waals surface area contributed by atoms with Gasteiger partial charge in [-0.2, -0.15) is 0 Å². The summed E-state index contributed by atoms with van der Waals surface area (Å²) >= 11 is 0. The Morgan fingerprint density at radius 1 is 0.533 bits per heavy atom. The number of hydrogen-bond acceptors (Lipinski definition) is 1. The van der Waals surface area contributed by atoms with Crippen molar-refractivity contribution in [3.8, 4) is 0 Å². The molecule has 1 nitrogen and oxygen atoms in total. The lowest BCUT2D eigenvalue weighted by Crippen LogP contribution is -2.23. The molecule has 2 heteroatoms. The Bertz CT molecular complexity index is 469. The van der Waals surface area contributed by atoms with Crippen LogP contribution in [0, 0.1) is 0 Å². The first kappa shape index (κ1) is 29.3. The molecule has 0 aliphatic rings. The summed E-state index contributed by atoms with van der Waals surface area (Å²) in [6, 6.07) is 9.02. The average molecular weight is 438 g/mol. The number of halogens is 1. The molecule has 0 N–H and O–H groups in total. The molecule has 1 aromatic carbocycles. The van der Waals surface area contributed by atoms with Crippen LogP contribution in [0.5, 0.6) is 0 Å². The maximum absolute atomic E-state index is 2.49. The van der Waals surface area contributed by atoms with Crippen molar-refractivity contribution in [2.45, 2.75) is 130 Å². The van der Waals surface area contributed by atoms with Crippen LogP contribution in [0.15, 0.2) is 24.3 Å². The van der Waals surface area contributed by atoms with Gasteiger partial charge >= 0.3 is 0 Å². The predicted molar refractivity (Wildman–Crippen MR) is 141 cm³/mol. The summed E-state index contributed by atoms with van der Waals surface area (Å²) < 4.78 is 0. The highest BCUT2D eigenvalue weighted by molar-refractivity contribution is 5.85. The monoisotopic (exact) mass is 437 g/mol. The van der Waals surface area contributed by atoms with E-state index in [2.05, 4.69) is 49.9 Å². The number of para-hydroxylation sites is 1. The third-order valence-electron chi connectivity index (χ3n) is 6.40. The van der Waals surface area contributed by atoms with Crippen molar-refractivity contribution >= 4 is 18.1 Å². The van der Waals surface area contributed by atoms with Crippen molar-refractivity contribution < 1.29 is 0 Å². The van der Waals surface area contributed by atoms with Gasteiger partial charge in [0, 0.05) is 18.8 Å². The van der Waals surface area contributed by atoms with Crippen LogP contribution in [0.4, 0.5) is 5.69 Å². The van der Waals surface area contributed by atoms with E-state index in [1.54, 1.807) is 5.56 Å². The highest BCUT2D eigenvalue weighted by Crippen LogP contribution is 2.22. The molecule has 0 aromatic heterocycles. The summed E-state index contributed by atoms with van der Waals surface area (Å²) in [5, 5.41) is 0. The molecule has 176 valence electrons. The van der Waals surface area contributed by atoms with Gasteiger partial charge in [0.15, 0.2) is 0 Å². The molecule has 0 unspecified atom stereocenters. The van der Waals surface area contributed by atoms with E-state index in [-0.39, 0.29) is 12.4 Å². The van der Waals surface area contributed by atoms with Crippen molar-refractivity contribution in [3.63, 3.8) is 0 Å². The zero-order valence-electron chi connectivity index (χ0n) is 20.6.